The van der Waals surface area contributed by atoms with E-state index in [1.807, 2.05) is 18.3 Å². The van der Waals surface area contributed by atoms with Crippen molar-refractivity contribution < 1.29 is 0 Å². The zero-order valence-corrected chi connectivity index (χ0v) is 14.1. The highest BCUT2D eigenvalue weighted by Gasteiger charge is 2.17. The molecule has 4 heteroatoms. The molecular formula is C21H16N4. The fraction of sp³-hybridized carbons (Fsp3) is 0.0952. The van der Waals surface area contributed by atoms with Crippen molar-refractivity contribution in [3.8, 4) is 11.3 Å². The predicted molar refractivity (Wildman–Crippen MR) is 101 cm³/mol. The lowest BCUT2D eigenvalue weighted by atomic mass is 10.0. The number of aryl methyl sites for hydroxylation is 2. The maximum atomic E-state index is 4.75. The van der Waals surface area contributed by atoms with Crippen LogP contribution in [0.25, 0.3) is 38.8 Å². The molecule has 4 nitrogen and oxygen atoms in total. The molecule has 120 valence electrons. The van der Waals surface area contributed by atoms with Crippen LogP contribution in [0, 0.1) is 13.8 Å². The standard InChI is InChI=1S/C21H16N4/c1-13-6-5-7-14(2)18(13)17-12-24-20-16-9-4-3-8-15(16)19-21(25(17)20)23-11-10-22-19/h3-12H,1-2H3. The first-order valence-electron chi connectivity index (χ1n) is 8.31. The van der Waals surface area contributed by atoms with Gasteiger partial charge in [-0.2, -0.15) is 0 Å². The molecule has 0 aliphatic carbocycles. The van der Waals surface area contributed by atoms with Crippen molar-refractivity contribution in [2.45, 2.75) is 13.8 Å². The molecule has 0 aliphatic heterocycles. The second kappa shape index (κ2) is 5.11. The van der Waals surface area contributed by atoms with Gasteiger partial charge in [-0.1, -0.05) is 42.5 Å². The average Bonchev–Trinajstić information content (AvgIpc) is 3.07. The van der Waals surface area contributed by atoms with Crippen LogP contribution in [-0.4, -0.2) is 19.4 Å². The van der Waals surface area contributed by atoms with E-state index < -0.39 is 0 Å². The summed E-state index contributed by atoms with van der Waals surface area (Å²) >= 11 is 0. The number of hydrogen-bond donors (Lipinski definition) is 0. The van der Waals surface area contributed by atoms with Crippen molar-refractivity contribution in [2.24, 2.45) is 0 Å². The first-order chi connectivity index (χ1) is 12.3. The number of nitrogens with zero attached hydrogens (tertiary/aromatic N) is 4. The number of fused-ring (bicyclic) bond motifs is 6. The van der Waals surface area contributed by atoms with E-state index in [1.54, 1.807) is 12.4 Å². The van der Waals surface area contributed by atoms with Gasteiger partial charge in [-0.3, -0.25) is 9.38 Å². The zero-order valence-electron chi connectivity index (χ0n) is 14.1. The van der Waals surface area contributed by atoms with Crippen molar-refractivity contribution in [1.82, 2.24) is 19.4 Å². The van der Waals surface area contributed by atoms with Crippen molar-refractivity contribution in [3.63, 3.8) is 0 Å². The molecule has 25 heavy (non-hydrogen) atoms. The molecule has 0 unspecified atom stereocenters. The maximum Gasteiger partial charge on any atom is 0.165 e. The minimum Gasteiger partial charge on any atom is -0.274 e. The number of pyridine rings is 1. The van der Waals surface area contributed by atoms with Crippen molar-refractivity contribution in [1.29, 1.82) is 0 Å². The van der Waals surface area contributed by atoms with Crippen LogP contribution >= 0.6 is 0 Å². The Balaban J connectivity index is 2.05. The third kappa shape index (κ3) is 1.91. The van der Waals surface area contributed by atoms with E-state index in [-0.39, 0.29) is 0 Å². The molecule has 0 radical (unpaired) electrons. The molecular weight excluding hydrogens is 308 g/mol. The molecule has 0 saturated heterocycles. The first kappa shape index (κ1) is 14.1. The van der Waals surface area contributed by atoms with Gasteiger partial charge in [0.2, 0.25) is 0 Å². The lowest BCUT2D eigenvalue weighted by Crippen LogP contribution is -1.99. The molecule has 5 rings (SSSR count). The van der Waals surface area contributed by atoms with Gasteiger partial charge in [0.25, 0.3) is 0 Å². The van der Waals surface area contributed by atoms with Crippen LogP contribution in [0.2, 0.25) is 0 Å². The normalized spacial score (nSPS) is 11.6. The summed E-state index contributed by atoms with van der Waals surface area (Å²) in [5.41, 5.74) is 7.38. The molecule has 2 aromatic carbocycles. The summed E-state index contributed by atoms with van der Waals surface area (Å²) in [6.45, 7) is 4.27. The highest BCUT2D eigenvalue weighted by atomic mass is 15.1. The minimum absolute atomic E-state index is 0.839. The van der Waals surface area contributed by atoms with E-state index in [2.05, 4.69) is 58.5 Å². The highest BCUT2D eigenvalue weighted by Crippen LogP contribution is 2.33. The van der Waals surface area contributed by atoms with E-state index in [0.29, 0.717) is 0 Å². The van der Waals surface area contributed by atoms with Gasteiger partial charge in [0.15, 0.2) is 5.65 Å². The quantitative estimate of drug-likeness (QED) is 0.419. The fourth-order valence-electron chi connectivity index (χ4n) is 3.72. The average molecular weight is 324 g/mol. The van der Waals surface area contributed by atoms with E-state index in [4.69, 9.17) is 4.98 Å². The molecule has 0 atom stereocenters. The Labute approximate surface area is 144 Å². The molecule has 5 aromatic rings. The lowest BCUT2D eigenvalue weighted by Gasteiger charge is -2.12. The summed E-state index contributed by atoms with van der Waals surface area (Å²) in [6.07, 6.45) is 5.44. The largest absolute Gasteiger partial charge is 0.274 e. The predicted octanol–water partition coefficient (Wildman–Crippen LogP) is 4.71. The van der Waals surface area contributed by atoms with E-state index >= 15 is 0 Å². The SMILES string of the molecule is Cc1cccc(C)c1-c1cnc2c3ccccc3c3nccnc3n12. The van der Waals surface area contributed by atoms with Crippen molar-refractivity contribution in [3.05, 3.63) is 72.2 Å². The fourth-order valence-corrected chi connectivity index (χ4v) is 3.72. The van der Waals surface area contributed by atoms with Gasteiger partial charge in [0, 0.05) is 28.7 Å². The van der Waals surface area contributed by atoms with Crippen LogP contribution in [0.4, 0.5) is 0 Å². The Kier molecular flexibility index (Phi) is 2.88. The molecule has 0 N–H and O–H groups in total. The molecule has 3 aromatic heterocycles. The van der Waals surface area contributed by atoms with Crippen LogP contribution in [0.3, 0.4) is 0 Å². The van der Waals surface area contributed by atoms with E-state index in [1.165, 1.54) is 16.7 Å². The number of benzene rings is 2. The second-order valence-corrected chi connectivity index (χ2v) is 6.34. The second-order valence-electron chi connectivity index (χ2n) is 6.34. The number of imidazole rings is 1. The van der Waals surface area contributed by atoms with Gasteiger partial charge in [0.05, 0.1) is 11.9 Å². The number of hydrogen-bond acceptors (Lipinski definition) is 3. The van der Waals surface area contributed by atoms with E-state index in [9.17, 15) is 0 Å². The molecule has 0 fully saturated rings. The van der Waals surface area contributed by atoms with Gasteiger partial charge >= 0.3 is 0 Å². The van der Waals surface area contributed by atoms with Gasteiger partial charge in [-0.05, 0) is 25.0 Å². The van der Waals surface area contributed by atoms with Gasteiger partial charge in [-0.25, -0.2) is 9.97 Å². The summed E-state index contributed by atoms with van der Waals surface area (Å²) in [7, 11) is 0. The number of aromatic nitrogens is 4. The molecule has 0 amide bonds. The molecule has 0 bridgehead atoms. The third-order valence-electron chi connectivity index (χ3n) is 4.81. The Morgan fingerprint density at radius 1 is 0.720 bits per heavy atom. The van der Waals surface area contributed by atoms with Crippen molar-refractivity contribution >= 4 is 27.6 Å². The van der Waals surface area contributed by atoms with E-state index in [0.717, 1.165) is 33.3 Å². The summed E-state index contributed by atoms with van der Waals surface area (Å²) in [5, 5.41) is 2.17. The Morgan fingerprint density at radius 2 is 1.44 bits per heavy atom. The van der Waals surface area contributed by atoms with Crippen LogP contribution < -0.4 is 0 Å². The van der Waals surface area contributed by atoms with Crippen molar-refractivity contribution in [2.75, 3.05) is 0 Å². The molecule has 3 heterocycles. The summed E-state index contributed by atoms with van der Waals surface area (Å²) in [6, 6.07) is 14.6. The lowest BCUT2D eigenvalue weighted by molar-refractivity contribution is 1.16. The van der Waals surface area contributed by atoms with Crippen LogP contribution in [0.15, 0.2) is 61.1 Å². The maximum absolute atomic E-state index is 4.75. The third-order valence-corrected chi connectivity index (χ3v) is 4.81. The highest BCUT2D eigenvalue weighted by molar-refractivity contribution is 6.09. The molecule has 0 spiro atoms. The summed E-state index contributed by atoms with van der Waals surface area (Å²) in [5.74, 6) is 0. The minimum atomic E-state index is 0.839. The molecule has 0 aliphatic rings. The summed E-state index contributed by atoms with van der Waals surface area (Å²) < 4.78 is 2.14. The molecule has 0 saturated carbocycles. The monoisotopic (exact) mass is 324 g/mol. The number of rotatable bonds is 1. The topological polar surface area (TPSA) is 43.1 Å². The van der Waals surface area contributed by atoms with Gasteiger partial charge in [-0.15, -0.1) is 0 Å². The first-order valence-corrected chi connectivity index (χ1v) is 8.31. The van der Waals surface area contributed by atoms with Crippen LogP contribution in [0.1, 0.15) is 11.1 Å². The Morgan fingerprint density at radius 3 is 2.24 bits per heavy atom. The summed E-state index contributed by atoms with van der Waals surface area (Å²) in [4.78, 5) is 14.0. The smallest absolute Gasteiger partial charge is 0.165 e. The van der Waals surface area contributed by atoms with Crippen LogP contribution in [-0.2, 0) is 0 Å². The Hall–Kier alpha value is -3.27. The van der Waals surface area contributed by atoms with Gasteiger partial charge in [0.1, 0.15) is 11.2 Å². The Bertz CT molecular complexity index is 1250. The zero-order chi connectivity index (χ0) is 17.0. The van der Waals surface area contributed by atoms with Crippen LogP contribution in [0.5, 0.6) is 0 Å². The van der Waals surface area contributed by atoms with Gasteiger partial charge < -0.3 is 0 Å².